The fourth-order valence-electron chi connectivity index (χ4n) is 1.46. The Kier molecular flexibility index (Phi) is 8.13. The molecule has 1 atom stereocenters. The summed E-state index contributed by atoms with van der Waals surface area (Å²) in [7, 11) is 0. The van der Waals surface area contributed by atoms with E-state index < -0.39 is 17.9 Å². The SMILES string of the molecule is CSCC[C@@H](NC(=O)COc1ccc(Br)cc1Br)C(=O)O. The van der Waals surface area contributed by atoms with Crippen LogP contribution in [0, 0.1) is 0 Å². The first-order valence-electron chi connectivity index (χ1n) is 6.03. The highest BCUT2D eigenvalue weighted by atomic mass is 79.9. The van der Waals surface area contributed by atoms with Crippen molar-refractivity contribution in [3.05, 3.63) is 27.1 Å². The van der Waals surface area contributed by atoms with Crippen LogP contribution in [-0.2, 0) is 9.59 Å². The number of rotatable bonds is 8. The average molecular weight is 441 g/mol. The zero-order valence-electron chi connectivity index (χ0n) is 11.3. The summed E-state index contributed by atoms with van der Waals surface area (Å²) in [5.41, 5.74) is 0. The third-order valence-electron chi connectivity index (χ3n) is 2.50. The van der Waals surface area contributed by atoms with Crippen molar-refractivity contribution in [2.45, 2.75) is 12.5 Å². The van der Waals surface area contributed by atoms with E-state index in [0.717, 1.165) is 4.47 Å². The van der Waals surface area contributed by atoms with Gasteiger partial charge in [-0.25, -0.2) is 4.79 Å². The predicted octanol–water partition coefficient (Wildman–Crippen LogP) is 2.91. The van der Waals surface area contributed by atoms with E-state index in [4.69, 9.17) is 9.84 Å². The van der Waals surface area contributed by atoms with Gasteiger partial charge in [-0.1, -0.05) is 15.9 Å². The zero-order valence-corrected chi connectivity index (χ0v) is 15.3. The Labute approximate surface area is 144 Å². The number of amides is 1. The number of carbonyl (C=O) groups excluding carboxylic acids is 1. The first kappa shape index (κ1) is 18.3. The summed E-state index contributed by atoms with van der Waals surface area (Å²) in [4.78, 5) is 22.8. The van der Waals surface area contributed by atoms with Gasteiger partial charge in [0.15, 0.2) is 6.61 Å². The lowest BCUT2D eigenvalue weighted by molar-refractivity contribution is -0.142. The number of carboxylic acids is 1. The summed E-state index contributed by atoms with van der Waals surface area (Å²) in [6, 6.07) is 4.41. The standard InChI is InChI=1S/C13H15Br2NO4S/c1-21-5-4-10(13(18)19)16-12(17)7-20-11-3-2-8(14)6-9(11)15/h2-3,6,10H,4-5,7H2,1H3,(H,16,17)(H,18,19)/t10-/m1/s1. The van der Waals surface area contributed by atoms with Gasteiger partial charge >= 0.3 is 5.97 Å². The molecule has 0 aromatic heterocycles. The molecule has 0 saturated carbocycles. The second-order valence-electron chi connectivity index (χ2n) is 4.10. The van der Waals surface area contributed by atoms with Crippen LogP contribution in [0.3, 0.4) is 0 Å². The minimum absolute atomic E-state index is 0.233. The molecule has 116 valence electrons. The summed E-state index contributed by atoms with van der Waals surface area (Å²) >= 11 is 8.17. The second kappa shape index (κ2) is 9.32. The van der Waals surface area contributed by atoms with Gasteiger partial charge in [-0.05, 0) is 52.6 Å². The summed E-state index contributed by atoms with van der Waals surface area (Å²) in [6.07, 6.45) is 2.26. The predicted molar refractivity (Wildman–Crippen MR) is 89.9 cm³/mol. The van der Waals surface area contributed by atoms with Gasteiger partial charge < -0.3 is 15.2 Å². The second-order valence-corrected chi connectivity index (χ2v) is 6.86. The van der Waals surface area contributed by atoms with E-state index in [-0.39, 0.29) is 6.61 Å². The minimum Gasteiger partial charge on any atom is -0.483 e. The molecule has 0 saturated heterocycles. The van der Waals surface area contributed by atoms with Crippen molar-refractivity contribution in [2.75, 3.05) is 18.6 Å². The summed E-state index contributed by atoms with van der Waals surface area (Å²) in [5, 5.41) is 11.5. The van der Waals surface area contributed by atoms with Gasteiger partial charge in [0, 0.05) is 4.47 Å². The zero-order chi connectivity index (χ0) is 15.8. The normalized spacial score (nSPS) is 11.8. The first-order valence-corrected chi connectivity index (χ1v) is 9.01. The molecule has 1 aromatic rings. The van der Waals surface area contributed by atoms with Gasteiger partial charge in [0.2, 0.25) is 0 Å². The van der Waals surface area contributed by atoms with Crippen molar-refractivity contribution < 1.29 is 19.4 Å². The number of ether oxygens (including phenoxy) is 1. The molecule has 1 amide bonds. The Morgan fingerprint density at radius 3 is 2.71 bits per heavy atom. The van der Waals surface area contributed by atoms with Gasteiger partial charge in [-0.15, -0.1) is 0 Å². The Morgan fingerprint density at radius 1 is 1.43 bits per heavy atom. The molecule has 0 radical (unpaired) electrons. The number of aliphatic carboxylic acids is 1. The molecule has 21 heavy (non-hydrogen) atoms. The van der Waals surface area contributed by atoms with Crippen molar-refractivity contribution in [1.82, 2.24) is 5.32 Å². The molecule has 0 heterocycles. The van der Waals surface area contributed by atoms with E-state index in [0.29, 0.717) is 22.4 Å². The van der Waals surface area contributed by atoms with Crippen LogP contribution in [0.2, 0.25) is 0 Å². The highest BCUT2D eigenvalue weighted by Crippen LogP contribution is 2.28. The number of hydrogen-bond acceptors (Lipinski definition) is 4. The molecule has 5 nitrogen and oxygen atoms in total. The van der Waals surface area contributed by atoms with Crippen LogP contribution in [-0.4, -0.2) is 41.6 Å². The van der Waals surface area contributed by atoms with Gasteiger partial charge in [0.25, 0.3) is 5.91 Å². The van der Waals surface area contributed by atoms with E-state index in [2.05, 4.69) is 37.2 Å². The van der Waals surface area contributed by atoms with Gasteiger partial charge in [-0.2, -0.15) is 11.8 Å². The molecule has 0 unspecified atom stereocenters. The van der Waals surface area contributed by atoms with Gasteiger partial charge in [0.1, 0.15) is 11.8 Å². The van der Waals surface area contributed by atoms with Crippen LogP contribution < -0.4 is 10.1 Å². The van der Waals surface area contributed by atoms with E-state index in [1.54, 1.807) is 18.2 Å². The summed E-state index contributed by atoms with van der Waals surface area (Å²) in [5.74, 6) is -0.319. The third kappa shape index (κ3) is 6.71. The van der Waals surface area contributed by atoms with Crippen molar-refractivity contribution in [3.63, 3.8) is 0 Å². The topological polar surface area (TPSA) is 75.6 Å². The maximum Gasteiger partial charge on any atom is 0.326 e. The van der Waals surface area contributed by atoms with Gasteiger partial charge in [0.05, 0.1) is 4.47 Å². The van der Waals surface area contributed by atoms with Crippen molar-refractivity contribution in [2.24, 2.45) is 0 Å². The molecule has 2 N–H and O–H groups in total. The van der Waals surface area contributed by atoms with Crippen LogP contribution in [0.4, 0.5) is 0 Å². The monoisotopic (exact) mass is 439 g/mol. The lowest BCUT2D eigenvalue weighted by Gasteiger charge is -2.14. The maximum absolute atomic E-state index is 11.7. The molecular formula is C13H15Br2NO4S. The van der Waals surface area contributed by atoms with E-state index in [9.17, 15) is 9.59 Å². The van der Waals surface area contributed by atoms with Crippen LogP contribution in [0.1, 0.15) is 6.42 Å². The fraction of sp³-hybridized carbons (Fsp3) is 0.385. The van der Waals surface area contributed by atoms with E-state index in [1.807, 2.05) is 6.26 Å². The lowest BCUT2D eigenvalue weighted by atomic mass is 10.2. The van der Waals surface area contributed by atoms with E-state index >= 15 is 0 Å². The average Bonchev–Trinajstić information content (AvgIpc) is 2.42. The molecule has 0 aliphatic rings. The molecule has 0 bridgehead atoms. The summed E-state index contributed by atoms with van der Waals surface area (Å²) in [6.45, 7) is -0.233. The molecule has 0 aliphatic heterocycles. The Hall–Kier alpha value is -0.730. The van der Waals surface area contributed by atoms with Crippen LogP contribution in [0.15, 0.2) is 27.1 Å². The first-order chi connectivity index (χ1) is 9.93. The Morgan fingerprint density at radius 2 is 2.14 bits per heavy atom. The van der Waals surface area contributed by atoms with Crippen molar-refractivity contribution in [1.29, 1.82) is 0 Å². The van der Waals surface area contributed by atoms with Crippen molar-refractivity contribution in [3.8, 4) is 5.75 Å². The molecule has 0 fully saturated rings. The number of hydrogen-bond donors (Lipinski definition) is 2. The minimum atomic E-state index is -1.04. The van der Waals surface area contributed by atoms with Crippen LogP contribution >= 0.6 is 43.6 Å². The highest BCUT2D eigenvalue weighted by Gasteiger charge is 2.19. The van der Waals surface area contributed by atoms with Crippen LogP contribution in [0.25, 0.3) is 0 Å². The number of thioether (sulfide) groups is 1. The molecule has 1 aromatic carbocycles. The maximum atomic E-state index is 11.7. The largest absolute Gasteiger partial charge is 0.483 e. The number of benzene rings is 1. The molecule has 0 spiro atoms. The number of halogens is 2. The molecular weight excluding hydrogens is 426 g/mol. The number of nitrogens with one attached hydrogen (secondary N) is 1. The van der Waals surface area contributed by atoms with E-state index in [1.165, 1.54) is 11.8 Å². The van der Waals surface area contributed by atoms with Gasteiger partial charge in [-0.3, -0.25) is 4.79 Å². The lowest BCUT2D eigenvalue weighted by Crippen LogP contribution is -2.43. The number of carboxylic acid groups (broad SMARTS) is 1. The summed E-state index contributed by atoms with van der Waals surface area (Å²) < 4.78 is 6.95. The fourth-order valence-corrected chi connectivity index (χ4v) is 3.10. The van der Waals surface area contributed by atoms with Crippen LogP contribution in [0.5, 0.6) is 5.75 Å². The Balaban J connectivity index is 2.50. The quantitative estimate of drug-likeness (QED) is 0.649. The highest BCUT2D eigenvalue weighted by molar-refractivity contribution is 9.11. The van der Waals surface area contributed by atoms with Crippen molar-refractivity contribution >= 4 is 55.5 Å². The number of carbonyl (C=O) groups is 2. The molecule has 1 rings (SSSR count). The third-order valence-corrected chi connectivity index (χ3v) is 4.25. The smallest absolute Gasteiger partial charge is 0.326 e. The Bertz CT molecular complexity index is 513. The molecule has 8 heteroatoms. The molecule has 0 aliphatic carbocycles.